The molecule has 152 valence electrons. The van der Waals surface area contributed by atoms with Crippen LogP contribution in [-0.4, -0.2) is 35.3 Å². The number of hydrogen-bond donors (Lipinski definition) is 0. The van der Waals surface area contributed by atoms with Crippen LogP contribution in [0.25, 0.3) is 6.08 Å². The number of esters is 1. The molecule has 2 heterocycles. The Bertz CT molecular complexity index is 997. The molecule has 2 aromatic rings. The van der Waals surface area contributed by atoms with Crippen LogP contribution in [-0.2, 0) is 30.5 Å². The van der Waals surface area contributed by atoms with Gasteiger partial charge < -0.3 is 9.47 Å². The van der Waals surface area contributed by atoms with Gasteiger partial charge in [0.1, 0.15) is 18.7 Å². The Labute approximate surface area is 174 Å². The zero-order valence-corrected chi connectivity index (χ0v) is 16.3. The van der Waals surface area contributed by atoms with E-state index in [-0.39, 0.29) is 31.1 Å². The van der Waals surface area contributed by atoms with Crippen LogP contribution in [0.1, 0.15) is 24.0 Å². The maximum absolute atomic E-state index is 12.8. The molecule has 0 aromatic heterocycles. The number of hydrogen-bond acceptors (Lipinski definition) is 5. The van der Waals surface area contributed by atoms with E-state index in [1.807, 2.05) is 72.8 Å². The second-order valence-corrected chi connectivity index (χ2v) is 7.10. The molecule has 2 fully saturated rings. The van der Waals surface area contributed by atoms with Crippen LogP contribution in [0, 0.1) is 0 Å². The number of allylic oxidation sites excluding steroid dienone is 2. The third-order valence-electron chi connectivity index (χ3n) is 5.09. The summed E-state index contributed by atoms with van der Waals surface area (Å²) in [6, 6.07) is 17.9. The normalized spacial score (nSPS) is 21.6. The predicted molar refractivity (Wildman–Crippen MR) is 110 cm³/mol. The highest BCUT2D eigenvalue weighted by Crippen LogP contribution is 2.38. The van der Waals surface area contributed by atoms with Crippen molar-refractivity contribution in [3.05, 3.63) is 89.2 Å². The first-order valence-electron chi connectivity index (χ1n) is 9.75. The molecule has 2 atom stereocenters. The Morgan fingerprint density at radius 2 is 1.80 bits per heavy atom. The van der Waals surface area contributed by atoms with E-state index in [0.29, 0.717) is 11.9 Å². The van der Waals surface area contributed by atoms with Gasteiger partial charge in [0.05, 0.1) is 6.42 Å². The van der Waals surface area contributed by atoms with Gasteiger partial charge in [-0.25, -0.2) is 4.79 Å². The number of β-lactam (4-membered cyclic amide) rings is 1. The summed E-state index contributed by atoms with van der Waals surface area (Å²) < 4.78 is 11.2. The average Bonchev–Trinajstić information content (AvgIpc) is 3.09. The van der Waals surface area contributed by atoms with Gasteiger partial charge >= 0.3 is 5.97 Å². The van der Waals surface area contributed by atoms with Crippen molar-refractivity contribution >= 4 is 24.2 Å². The number of carbonyl (C=O) groups is 3. The number of aldehydes is 1. The van der Waals surface area contributed by atoms with Gasteiger partial charge in [0.15, 0.2) is 12.3 Å². The molecule has 4 rings (SSSR count). The van der Waals surface area contributed by atoms with Crippen LogP contribution in [0.5, 0.6) is 0 Å². The first-order chi connectivity index (χ1) is 14.7. The first kappa shape index (κ1) is 19.6. The van der Waals surface area contributed by atoms with E-state index < -0.39 is 18.2 Å². The van der Waals surface area contributed by atoms with Gasteiger partial charge in [-0.15, -0.1) is 0 Å². The molecule has 2 aliphatic rings. The second kappa shape index (κ2) is 8.78. The third-order valence-corrected chi connectivity index (χ3v) is 5.09. The van der Waals surface area contributed by atoms with Crippen LogP contribution in [0.2, 0.25) is 0 Å². The van der Waals surface area contributed by atoms with E-state index in [9.17, 15) is 14.4 Å². The van der Waals surface area contributed by atoms with Crippen molar-refractivity contribution in [2.75, 3.05) is 0 Å². The Hall–Kier alpha value is -3.67. The highest BCUT2D eigenvalue weighted by Gasteiger charge is 2.55. The van der Waals surface area contributed by atoms with E-state index in [4.69, 9.17) is 9.47 Å². The fourth-order valence-corrected chi connectivity index (χ4v) is 3.52. The summed E-state index contributed by atoms with van der Waals surface area (Å²) in [6.45, 7) is 0.0838. The molecule has 0 saturated carbocycles. The summed E-state index contributed by atoms with van der Waals surface area (Å²) in [4.78, 5) is 38.0. The van der Waals surface area contributed by atoms with E-state index in [2.05, 4.69) is 0 Å². The molecule has 2 aliphatic heterocycles. The number of ether oxygens (including phenoxy) is 2. The lowest BCUT2D eigenvalue weighted by Gasteiger charge is -2.33. The summed E-state index contributed by atoms with van der Waals surface area (Å²) in [6.07, 6.45) is 4.36. The molecule has 2 saturated heterocycles. The highest BCUT2D eigenvalue weighted by molar-refractivity contribution is 5.93. The van der Waals surface area contributed by atoms with Gasteiger partial charge in [0, 0.05) is 5.57 Å². The Morgan fingerprint density at radius 3 is 2.47 bits per heavy atom. The van der Waals surface area contributed by atoms with Crippen LogP contribution in [0.4, 0.5) is 0 Å². The van der Waals surface area contributed by atoms with Crippen LogP contribution in [0.15, 0.2) is 78.1 Å². The SMILES string of the molecule is O=C/C(C/C=C/c1ccccc1)=C1/O[C@@H]2CC(=O)N2C1C(=O)OCc1ccccc1. The summed E-state index contributed by atoms with van der Waals surface area (Å²) in [5, 5.41) is 0. The van der Waals surface area contributed by atoms with Crippen molar-refractivity contribution in [2.45, 2.75) is 31.7 Å². The second-order valence-electron chi connectivity index (χ2n) is 7.10. The van der Waals surface area contributed by atoms with Crippen LogP contribution in [0.3, 0.4) is 0 Å². The van der Waals surface area contributed by atoms with E-state index in [1.165, 1.54) is 4.90 Å². The molecule has 0 spiro atoms. The third kappa shape index (κ3) is 4.03. The first-order valence-corrected chi connectivity index (χ1v) is 9.75. The molecule has 6 nitrogen and oxygen atoms in total. The number of amides is 1. The lowest BCUT2D eigenvalue weighted by Crippen LogP contribution is -2.55. The van der Waals surface area contributed by atoms with Crippen molar-refractivity contribution in [1.29, 1.82) is 0 Å². The maximum Gasteiger partial charge on any atom is 0.337 e. The average molecular weight is 403 g/mol. The summed E-state index contributed by atoms with van der Waals surface area (Å²) in [7, 11) is 0. The summed E-state index contributed by atoms with van der Waals surface area (Å²) in [5.41, 5.74) is 2.16. The number of benzene rings is 2. The van der Waals surface area contributed by atoms with Crippen molar-refractivity contribution in [3.8, 4) is 0 Å². The number of carbonyl (C=O) groups excluding carboxylic acids is 3. The fraction of sp³-hybridized carbons (Fsp3) is 0.208. The topological polar surface area (TPSA) is 72.9 Å². The quantitative estimate of drug-likeness (QED) is 0.307. The Kier molecular flexibility index (Phi) is 5.75. The van der Waals surface area contributed by atoms with Gasteiger partial charge in [-0.2, -0.15) is 0 Å². The van der Waals surface area contributed by atoms with Crippen LogP contribution >= 0.6 is 0 Å². The van der Waals surface area contributed by atoms with Crippen molar-refractivity contribution < 1.29 is 23.9 Å². The zero-order valence-electron chi connectivity index (χ0n) is 16.3. The smallest absolute Gasteiger partial charge is 0.337 e. The largest absolute Gasteiger partial charge is 0.471 e. The van der Waals surface area contributed by atoms with E-state index in [1.54, 1.807) is 0 Å². The monoisotopic (exact) mass is 403 g/mol. The summed E-state index contributed by atoms with van der Waals surface area (Å²) >= 11 is 0. The molecular formula is C24H21NO5. The van der Waals surface area contributed by atoms with Crippen LogP contribution < -0.4 is 0 Å². The maximum atomic E-state index is 12.8. The molecule has 0 N–H and O–H groups in total. The molecule has 1 amide bonds. The van der Waals surface area contributed by atoms with Crippen molar-refractivity contribution in [2.24, 2.45) is 0 Å². The van der Waals surface area contributed by atoms with Gasteiger partial charge in [-0.3, -0.25) is 14.5 Å². The molecule has 2 aromatic carbocycles. The lowest BCUT2D eigenvalue weighted by molar-refractivity contribution is -0.166. The number of nitrogens with zero attached hydrogens (tertiary/aromatic N) is 1. The minimum atomic E-state index is -1.02. The standard InChI is InChI=1S/C24H21NO5/c26-15-19(13-7-12-17-8-3-1-4-9-17)23-22(25-20(27)14-21(25)30-23)24(28)29-16-18-10-5-2-6-11-18/h1-12,15,21-22H,13-14,16H2/b12-7+,23-19+/t21-,22?/m1/s1. The summed E-state index contributed by atoms with van der Waals surface area (Å²) in [5.74, 6) is -0.589. The van der Waals surface area contributed by atoms with Crippen molar-refractivity contribution in [3.63, 3.8) is 0 Å². The van der Waals surface area contributed by atoms with Gasteiger partial charge in [0.25, 0.3) is 0 Å². The Morgan fingerprint density at radius 1 is 1.10 bits per heavy atom. The van der Waals surface area contributed by atoms with E-state index in [0.717, 1.165) is 11.1 Å². The highest BCUT2D eigenvalue weighted by atomic mass is 16.6. The molecular weight excluding hydrogens is 382 g/mol. The molecule has 30 heavy (non-hydrogen) atoms. The Balaban J connectivity index is 1.52. The minimum Gasteiger partial charge on any atom is -0.471 e. The molecule has 6 heteroatoms. The minimum absolute atomic E-state index is 0.0838. The van der Waals surface area contributed by atoms with Gasteiger partial charge in [-0.05, 0) is 17.5 Å². The lowest BCUT2D eigenvalue weighted by atomic mass is 10.0. The number of rotatable bonds is 7. The number of fused-ring (bicyclic) bond motifs is 1. The zero-order chi connectivity index (χ0) is 20.9. The predicted octanol–water partition coefficient (Wildman–Crippen LogP) is 3.24. The molecule has 0 radical (unpaired) electrons. The van der Waals surface area contributed by atoms with Crippen molar-refractivity contribution in [1.82, 2.24) is 4.90 Å². The van der Waals surface area contributed by atoms with Gasteiger partial charge in [-0.1, -0.05) is 72.8 Å². The fourth-order valence-electron chi connectivity index (χ4n) is 3.52. The molecule has 0 bridgehead atoms. The molecule has 1 unspecified atom stereocenters. The van der Waals surface area contributed by atoms with E-state index >= 15 is 0 Å². The molecule has 0 aliphatic carbocycles. The van der Waals surface area contributed by atoms with Gasteiger partial charge in [0.2, 0.25) is 5.91 Å².